The van der Waals surface area contributed by atoms with E-state index in [1.165, 1.54) is 11.8 Å². The van der Waals surface area contributed by atoms with Gasteiger partial charge >= 0.3 is 0 Å². The fourth-order valence-corrected chi connectivity index (χ4v) is 2.81. The minimum Gasteiger partial charge on any atom is -0.348 e. The highest BCUT2D eigenvalue weighted by Gasteiger charge is 2.11. The lowest BCUT2D eigenvalue weighted by atomic mass is 10.4. The molecule has 16 heavy (non-hydrogen) atoms. The van der Waals surface area contributed by atoms with Gasteiger partial charge in [-0.3, -0.25) is 4.79 Å². The highest BCUT2D eigenvalue weighted by Crippen LogP contribution is 2.37. The number of carbonyl (C=O) groups excluding carboxylic acids is 1. The first-order valence-electron chi connectivity index (χ1n) is 4.40. The van der Waals surface area contributed by atoms with Crippen molar-refractivity contribution in [3.63, 3.8) is 0 Å². The molecular formula is C10H10BrCl2NOS. The molecule has 1 rings (SSSR count). The van der Waals surface area contributed by atoms with Gasteiger partial charge in [0.25, 0.3) is 0 Å². The summed E-state index contributed by atoms with van der Waals surface area (Å²) < 4.78 is 0.752. The van der Waals surface area contributed by atoms with Gasteiger partial charge in [0.15, 0.2) is 0 Å². The van der Waals surface area contributed by atoms with Gasteiger partial charge in [-0.2, -0.15) is 0 Å². The van der Waals surface area contributed by atoms with Gasteiger partial charge in [-0.15, -0.1) is 11.8 Å². The molecule has 0 aliphatic heterocycles. The van der Waals surface area contributed by atoms with Gasteiger partial charge < -0.3 is 4.90 Å². The van der Waals surface area contributed by atoms with Crippen LogP contribution in [0.3, 0.4) is 0 Å². The molecule has 0 saturated carbocycles. The summed E-state index contributed by atoms with van der Waals surface area (Å²) >= 11 is 16.7. The van der Waals surface area contributed by atoms with E-state index in [-0.39, 0.29) is 5.91 Å². The van der Waals surface area contributed by atoms with E-state index in [4.69, 9.17) is 23.2 Å². The summed E-state index contributed by atoms with van der Waals surface area (Å²) in [6.07, 6.45) is 0. The van der Waals surface area contributed by atoms with E-state index in [9.17, 15) is 4.79 Å². The fraction of sp³-hybridized carbons (Fsp3) is 0.300. The Kier molecular flexibility index (Phi) is 5.44. The van der Waals surface area contributed by atoms with Gasteiger partial charge in [0.2, 0.25) is 5.91 Å². The Morgan fingerprint density at radius 3 is 2.56 bits per heavy atom. The standard InChI is InChI=1S/C10H10BrCl2NOS/c1-14(2)8(15)5-16-7-4-3-6(11)9(12)10(7)13/h3-4H,5H2,1-2H3. The third-order valence-electron chi connectivity index (χ3n) is 1.85. The summed E-state index contributed by atoms with van der Waals surface area (Å²) in [6.45, 7) is 0. The Labute approximate surface area is 117 Å². The Balaban J connectivity index is 2.76. The molecule has 1 aromatic rings. The van der Waals surface area contributed by atoms with Gasteiger partial charge in [-0.1, -0.05) is 23.2 Å². The lowest BCUT2D eigenvalue weighted by Crippen LogP contribution is -2.23. The molecule has 6 heteroatoms. The number of carbonyl (C=O) groups is 1. The summed E-state index contributed by atoms with van der Waals surface area (Å²) in [5, 5.41) is 0.955. The van der Waals surface area contributed by atoms with Gasteiger partial charge in [0.1, 0.15) is 0 Å². The molecule has 1 aromatic carbocycles. The first kappa shape index (κ1) is 14.2. The lowest BCUT2D eigenvalue weighted by Gasteiger charge is -2.11. The highest BCUT2D eigenvalue weighted by molar-refractivity contribution is 9.10. The second-order valence-corrected chi connectivity index (χ2v) is 5.88. The van der Waals surface area contributed by atoms with Crippen LogP contribution >= 0.6 is 50.9 Å². The summed E-state index contributed by atoms with van der Waals surface area (Å²) in [7, 11) is 3.44. The van der Waals surface area contributed by atoms with Crippen LogP contribution in [0.15, 0.2) is 21.5 Å². The van der Waals surface area contributed by atoms with Crippen molar-refractivity contribution in [1.82, 2.24) is 4.90 Å². The van der Waals surface area contributed by atoms with Crippen molar-refractivity contribution in [2.45, 2.75) is 4.90 Å². The van der Waals surface area contributed by atoms with Crippen molar-refractivity contribution in [3.8, 4) is 0 Å². The maximum Gasteiger partial charge on any atom is 0.232 e. The molecule has 0 unspecified atom stereocenters. The molecule has 0 spiro atoms. The minimum absolute atomic E-state index is 0.0418. The molecule has 1 amide bonds. The van der Waals surface area contributed by atoms with Crippen LogP contribution in [0.4, 0.5) is 0 Å². The lowest BCUT2D eigenvalue weighted by molar-refractivity contribution is -0.125. The third kappa shape index (κ3) is 3.55. The molecule has 0 N–H and O–H groups in total. The Morgan fingerprint density at radius 1 is 1.38 bits per heavy atom. The first-order chi connectivity index (χ1) is 7.43. The van der Waals surface area contributed by atoms with Gasteiger partial charge in [-0.25, -0.2) is 0 Å². The van der Waals surface area contributed by atoms with E-state index in [2.05, 4.69) is 15.9 Å². The van der Waals surface area contributed by atoms with Gasteiger partial charge in [0.05, 0.1) is 15.8 Å². The van der Waals surface area contributed by atoms with E-state index >= 15 is 0 Å². The molecule has 0 fully saturated rings. The number of amides is 1. The van der Waals surface area contributed by atoms with Crippen LogP contribution < -0.4 is 0 Å². The van der Waals surface area contributed by atoms with Crippen molar-refractivity contribution in [2.75, 3.05) is 19.8 Å². The number of halogens is 3. The van der Waals surface area contributed by atoms with Crippen LogP contribution in [-0.4, -0.2) is 30.7 Å². The quantitative estimate of drug-likeness (QED) is 0.612. The fourth-order valence-electron chi connectivity index (χ4n) is 0.888. The average molecular weight is 343 g/mol. The molecule has 2 nitrogen and oxygen atoms in total. The normalized spacial score (nSPS) is 10.3. The number of nitrogens with zero attached hydrogens (tertiary/aromatic N) is 1. The van der Waals surface area contributed by atoms with Crippen LogP contribution in [0.25, 0.3) is 0 Å². The van der Waals surface area contributed by atoms with Crippen molar-refractivity contribution >= 4 is 56.8 Å². The Morgan fingerprint density at radius 2 is 2.00 bits per heavy atom. The van der Waals surface area contributed by atoms with Crippen molar-refractivity contribution in [1.29, 1.82) is 0 Å². The molecular weight excluding hydrogens is 333 g/mol. The maximum atomic E-state index is 11.4. The molecule has 88 valence electrons. The van der Waals surface area contributed by atoms with Crippen LogP contribution in [0.1, 0.15) is 0 Å². The number of rotatable bonds is 3. The Hall–Kier alpha value is 0.1000. The van der Waals surface area contributed by atoms with Crippen LogP contribution in [0, 0.1) is 0 Å². The number of hydrogen-bond donors (Lipinski definition) is 0. The maximum absolute atomic E-state index is 11.4. The van der Waals surface area contributed by atoms with Crippen molar-refractivity contribution < 1.29 is 4.79 Å². The summed E-state index contributed by atoms with van der Waals surface area (Å²) in [6, 6.07) is 3.66. The summed E-state index contributed by atoms with van der Waals surface area (Å²) in [5.74, 6) is 0.394. The largest absolute Gasteiger partial charge is 0.348 e. The molecule has 0 aliphatic carbocycles. The summed E-state index contributed by atoms with van der Waals surface area (Å²) in [5.41, 5.74) is 0. The van der Waals surface area contributed by atoms with Crippen LogP contribution in [0.2, 0.25) is 10.0 Å². The van der Waals surface area contributed by atoms with Crippen molar-refractivity contribution in [2.24, 2.45) is 0 Å². The zero-order valence-corrected chi connectivity index (χ0v) is 12.7. The van der Waals surface area contributed by atoms with Crippen LogP contribution in [0.5, 0.6) is 0 Å². The topological polar surface area (TPSA) is 20.3 Å². The zero-order chi connectivity index (χ0) is 12.3. The number of benzene rings is 1. The molecule has 0 aliphatic rings. The molecule has 0 radical (unpaired) electrons. The average Bonchev–Trinajstić information content (AvgIpc) is 2.24. The number of thioether (sulfide) groups is 1. The molecule has 0 heterocycles. The van der Waals surface area contributed by atoms with E-state index < -0.39 is 0 Å². The molecule has 0 atom stereocenters. The summed E-state index contributed by atoms with van der Waals surface area (Å²) in [4.78, 5) is 13.8. The smallest absolute Gasteiger partial charge is 0.232 e. The predicted octanol–water partition coefficient (Wildman–Crippen LogP) is 3.94. The zero-order valence-electron chi connectivity index (χ0n) is 8.76. The molecule has 0 bridgehead atoms. The second-order valence-electron chi connectivity index (χ2n) is 3.25. The van der Waals surface area contributed by atoms with Gasteiger partial charge in [-0.05, 0) is 28.1 Å². The van der Waals surface area contributed by atoms with Crippen molar-refractivity contribution in [3.05, 3.63) is 26.7 Å². The molecule has 0 saturated heterocycles. The SMILES string of the molecule is CN(C)C(=O)CSc1ccc(Br)c(Cl)c1Cl. The number of hydrogen-bond acceptors (Lipinski definition) is 2. The first-order valence-corrected chi connectivity index (χ1v) is 6.93. The van der Waals surface area contributed by atoms with E-state index in [0.717, 1.165) is 9.37 Å². The Bertz CT molecular complexity index is 412. The third-order valence-corrected chi connectivity index (χ3v) is 4.78. The van der Waals surface area contributed by atoms with E-state index in [0.29, 0.717) is 15.8 Å². The van der Waals surface area contributed by atoms with Gasteiger partial charge in [0, 0.05) is 23.5 Å². The predicted molar refractivity (Wildman–Crippen MR) is 73.6 cm³/mol. The molecule has 0 aromatic heterocycles. The minimum atomic E-state index is 0.0418. The van der Waals surface area contributed by atoms with E-state index in [1.807, 2.05) is 12.1 Å². The van der Waals surface area contributed by atoms with E-state index in [1.54, 1.807) is 19.0 Å². The van der Waals surface area contributed by atoms with Crippen LogP contribution in [-0.2, 0) is 4.79 Å². The second kappa shape index (κ2) is 6.15. The highest BCUT2D eigenvalue weighted by atomic mass is 79.9. The monoisotopic (exact) mass is 341 g/mol.